The zero-order chi connectivity index (χ0) is 14.5. The molecule has 0 aromatic carbocycles. The molecular formula is C14H26N2O3. The van der Waals surface area contributed by atoms with Crippen LogP contribution < -0.4 is 5.32 Å². The van der Waals surface area contributed by atoms with Gasteiger partial charge >= 0.3 is 0 Å². The summed E-state index contributed by atoms with van der Waals surface area (Å²) in [7, 11) is 1.63. The van der Waals surface area contributed by atoms with Gasteiger partial charge in [0, 0.05) is 7.11 Å². The summed E-state index contributed by atoms with van der Waals surface area (Å²) in [6.45, 7) is 6.59. The summed E-state index contributed by atoms with van der Waals surface area (Å²) in [6, 6.07) is -0.00831. The van der Waals surface area contributed by atoms with Crippen molar-refractivity contribution in [1.29, 1.82) is 0 Å². The van der Waals surface area contributed by atoms with Gasteiger partial charge < -0.3 is 15.0 Å². The molecule has 0 aromatic rings. The molecule has 0 aliphatic carbocycles. The summed E-state index contributed by atoms with van der Waals surface area (Å²) in [6.07, 6.45) is 3.06. The third-order valence-electron chi connectivity index (χ3n) is 3.99. The lowest BCUT2D eigenvalue weighted by atomic mass is 9.88. The van der Waals surface area contributed by atoms with Crippen LogP contribution in [0.1, 0.15) is 46.5 Å². The number of ether oxygens (including phenoxy) is 1. The van der Waals surface area contributed by atoms with Crippen LogP contribution in [0.3, 0.4) is 0 Å². The van der Waals surface area contributed by atoms with Crippen LogP contribution in [-0.2, 0) is 14.3 Å². The van der Waals surface area contributed by atoms with Gasteiger partial charge in [0.15, 0.2) is 0 Å². The van der Waals surface area contributed by atoms with Crippen LogP contribution >= 0.6 is 0 Å². The number of carbonyl (C=O) groups is 2. The predicted octanol–water partition coefficient (Wildman–Crippen LogP) is 1.32. The minimum atomic E-state index is -0.727. The van der Waals surface area contributed by atoms with E-state index in [4.69, 9.17) is 4.74 Å². The van der Waals surface area contributed by atoms with E-state index < -0.39 is 5.54 Å². The summed E-state index contributed by atoms with van der Waals surface area (Å²) in [5.41, 5.74) is -0.727. The fraction of sp³-hybridized carbons (Fsp3) is 0.857. The van der Waals surface area contributed by atoms with Crippen LogP contribution in [0, 0.1) is 0 Å². The van der Waals surface area contributed by atoms with Gasteiger partial charge in [-0.25, -0.2) is 0 Å². The van der Waals surface area contributed by atoms with Gasteiger partial charge in [-0.05, 0) is 19.3 Å². The molecule has 0 saturated carbocycles. The van der Waals surface area contributed by atoms with Gasteiger partial charge in [-0.2, -0.15) is 0 Å². The lowest BCUT2D eigenvalue weighted by molar-refractivity contribution is -0.154. The third kappa shape index (κ3) is 3.26. The van der Waals surface area contributed by atoms with E-state index in [-0.39, 0.29) is 24.4 Å². The molecule has 5 heteroatoms. The minimum absolute atomic E-state index is 0.00831. The van der Waals surface area contributed by atoms with Crippen molar-refractivity contribution in [2.24, 2.45) is 0 Å². The van der Waals surface area contributed by atoms with Gasteiger partial charge in [-0.1, -0.05) is 27.2 Å². The van der Waals surface area contributed by atoms with Crippen LogP contribution in [0.25, 0.3) is 0 Å². The zero-order valence-electron chi connectivity index (χ0n) is 12.5. The Balaban J connectivity index is 2.97. The van der Waals surface area contributed by atoms with Crippen molar-refractivity contribution >= 4 is 11.8 Å². The Morgan fingerprint density at radius 1 is 1.32 bits per heavy atom. The van der Waals surface area contributed by atoms with Crippen LogP contribution in [-0.4, -0.2) is 48.6 Å². The molecule has 1 heterocycles. The van der Waals surface area contributed by atoms with Crippen molar-refractivity contribution in [2.75, 3.05) is 20.3 Å². The monoisotopic (exact) mass is 270 g/mol. The van der Waals surface area contributed by atoms with Crippen molar-refractivity contribution in [2.45, 2.75) is 58.0 Å². The molecule has 1 aliphatic rings. The standard InChI is InChI=1S/C14H26N2O3/c1-5-8-11(10-19-4)16-9-12(17)15-14(6-2,7-3)13(16)18/h11H,5-10H2,1-4H3,(H,15,17). The normalized spacial score (nSPS) is 20.3. The summed E-state index contributed by atoms with van der Waals surface area (Å²) in [5, 5.41) is 2.88. The molecule has 0 aromatic heterocycles. The van der Waals surface area contributed by atoms with Crippen LogP contribution in [0.15, 0.2) is 0 Å². The first-order valence-corrected chi connectivity index (χ1v) is 7.15. The van der Waals surface area contributed by atoms with E-state index >= 15 is 0 Å². The number of piperazine rings is 1. The third-order valence-corrected chi connectivity index (χ3v) is 3.99. The Labute approximate surface area is 115 Å². The fourth-order valence-corrected chi connectivity index (χ4v) is 2.74. The molecule has 1 fully saturated rings. The highest BCUT2D eigenvalue weighted by molar-refractivity contribution is 5.98. The average molecular weight is 270 g/mol. The molecule has 5 nitrogen and oxygen atoms in total. The molecule has 0 bridgehead atoms. The van der Waals surface area contributed by atoms with Gasteiger partial charge in [0.1, 0.15) is 12.1 Å². The molecule has 1 unspecified atom stereocenters. The first-order chi connectivity index (χ1) is 9.04. The molecule has 2 amide bonds. The number of methoxy groups -OCH3 is 1. The molecule has 1 saturated heterocycles. The molecule has 1 N–H and O–H groups in total. The van der Waals surface area contributed by atoms with Crippen molar-refractivity contribution in [1.82, 2.24) is 10.2 Å². The van der Waals surface area contributed by atoms with Crippen molar-refractivity contribution < 1.29 is 14.3 Å². The predicted molar refractivity (Wildman–Crippen MR) is 73.7 cm³/mol. The highest BCUT2D eigenvalue weighted by atomic mass is 16.5. The first-order valence-electron chi connectivity index (χ1n) is 7.15. The summed E-state index contributed by atoms with van der Waals surface area (Å²) < 4.78 is 5.20. The van der Waals surface area contributed by atoms with Gasteiger partial charge in [0.05, 0.1) is 12.6 Å². The first kappa shape index (κ1) is 16.0. The van der Waals surface area contributed by atoms with E-state index in [0.717, 1.165) is 12.8 Å². The van der Waals surface area contributed by atoms with Crippen LogP contribution in [0.2, 0.25) is 0 Å². The van der Waals surface area contributed by atoms with Crippen LogP contribution in [0.4, 0.5) is 0 Å². The SMILES string of the molecule is CCCC(COC)N1CC(=O)NC(CC)(CC)C1=O. The summed E-state index contributed by atoms with van der Waals surface area (Å²) in [5.74, 6) is -0.0342. The summed E-state index contributed by atoms with van der Waals surface area (Å²) >= 11 is 0. The molecule has 1 rings (SSSR count). The van der Waals surface area contributed by atoms with E-state index in [0.29, 0.717) is 19.4 Å². The smallest absolute Gasteiger partial charge is 0.249 e. The number of carbonyl (C=O) groups excluding carboxylic acids is 2. The highest BCUT2D eigenvalue weighted by Crippen LogP contribution is 2.24. The van der Waals surface area contributed by atoms with E-state index in [9.17, 15) is 9.59 Å². The van der Waals surface area contributed by atoms with E-state index in [1.165, 1.54) is 0 Å². The Hall–Kier alpha value is -1.10. The Kier molecular flexibility index (Phi) is 5.79. The zero-order valence-corrected chi connectivity index (χ0v) is 12.5. The van der Waals surface area contributed by atoms with E-state index in [2.05, 4.69) is 12.2 Å². The highest BCUT2D eigenvalue weighted by Gasteiger charge is 2.45. The molecular weight excluding hydrogens is 244 g/mol. The van der Waals surface area contributed by atoms with Gasteiger partial charge in [-0.15, -0.1) is 0 Å². The van der Waals surface area contributed by atoms with E-state index in [1.54, 1.807) is 12.0 Å². The largest absolute Gasteiger partial charge is 0.383 e. The van der Waals surface area contributed by atoms with Gasteiger partial charge in [-0.3, -0.25) is 9.59 Å². The van der Waals surface area contributed by atoms with Gasteiger partial charge in [0.2, 0.25) is 11.8 Å². The molecule has 0 spiro atoms. The number of nitrogens with zero attached hydrogens (tertiary/aromatic N) is 1. The lowest BCUT2D eigenvalue weighted by Gasteiger charge is -2.44. The minimum Gasteiger partial charge on any atom is -0.383 e. The molecule has 110 valence electrons. The van der Waals surface area contributed by atoms with Crippen molar-refractivity contribution in [3.05, 3.63) is 0 Å². The molecule has 1 aliphatic heterocycles. The van der Waals surface area contributed by atoms with Crippen LogP contribution in [0.5, 0.6) is 0 Å². The number of nitrogens with one attached hydrogen (secondary N) is 1. The second-order valence-electron chi connectivity index (χ2n) is 5.17. The van der Waals surface area contributed by atoms with Crippen molar-refractivity contribution in [3.8, 4) is 0 Å². The Morgan fingerprint density at radius 2 is 1.95 bits per heavy atom. The Bertz CT molecular complexity index is 321. The molecule has 0 radical (unpaired) electrons. The fourth-order valence-electron chi connectivity index (χ4n) is 2.74. The molecule has 1 atom stereocenters. The quantitative estimate of drug-likeness (QED) is 0.759. The Morgan fingerprint density at radius 3 is 2.42 bits per heavy atom. The topological polar surface area (TPSA) is 58.6 Å². The number of rotatable bonds is 7. The average Bonchev–Trinajstić information content (AvgIpc) is 2.41. The maximum absolute atomic E-state index is 12.7. The number of amides is 2. The summed E-state index contributed by atoms with van der Waals surface area (Å²) in [4.78, 5) is 26.3. The van der Waals surface area contributed by atoms with E-state index in [1.807, 2.05) is 13.8 Å². The number of hydrogen-bond acceptors (Lipinski definition) is 3. The number of hydrogen-bond donors (Lipinski definition) is 1. The van der Waals surface area contributed by atoms with Crippen molar-refractivity contribution in [3.63, 3.8) is 0 Å². The van der Waals surface area contributed by atoms with Gasteiger partial charge in [0.25, 0.3) is 0 Å². The maximum atomic E-state index is 12.7. The lowest BCUT2D eigenvalue weighted by Crippen LogP contribution is -2.68. The maximum Gasteiger partial charge on any atom is 0.249 e. The second kappa shape index (κ2) is 6.89. The molecule has 19 heavy (non-hydrogen) atoms. The second-order valence-corrected chi connectivity index (χ2v) is 5.17.